The fourth-order valence-corrected chi connectivity index (χ4v) is 1.17. The minimum atomic E-state index is 0.103. The molecule has 72 valence electrons. The third-order valence-electron chi connectivity index (χ3n) is 2.07. The minimum absolute atomic E-state index is 0.103. The molecular weight excluding hydrogens is 172 g/mol. The number of halogens is 1. The molecule has 0 aromatic carbocycles. The maximum atomic E-state index is 8.66. The maximum Gasteiger partial charge on any atom is 0.0540 e. The summed E-state index contributed by atoms with van der Waals surface area (Å²) in [6.45, 7) is 8.17. The van der Waals surface area contributed by atoms with Crippen molar-refractivity contribution in [3.8, 4) is 0 Å². The van der Waals surface area contributed by atoms with Crippen LogP contribution in [0.1, 0.15) is 33.1 Å². The first kappa shape index (κ1) is 12.0. The van der Waals surface area contributed by atoms with Gasteiger partial charge in [-0.25, -0.2) is 0 Å². The molecule has 2 unspecified atom stereocenters. The number of rotatable bonds is 6. The summed E-state index contributed by atoms with van der Waals surface area (Å²) in [6, 6.07) is 0. The Morgan fingerprint density at radius 1 is 1.42 bits per heavy atom. The molecule has 0 radical (unpaired) electrons. The molecule has 0 bridgehead atoms. The second-order valence-corrected chi connectivity index (χ2v) is 4.04. The lowest BCUT2D eigenvalue weighted by atomic mass is 9.99. The van der Waals surface area contributed by atoms with Gasteiger partial charge in [0.25, 0.3) is 0 Å². The van der Waals surface area contributed by atoms with Gasteiger partial charge in [-0.3, -0.25) is 0 Å². The molecule has 0 aliphatic heterocycles. The van der Waals surface area contributed by atoms with Crippen molar-refractivity contribution in [1.82, 2.24) is 0 Å². The summed E-state index contributed by atoms with van der Waals surface area (Å²) in [7, 11) is 0. The van der Waals surface area contributed by atoms with E-state index in [9.17, 15) is 0 Å². The molecule has 1 nitrogen and oxygen atoms in total. The van der Waals surface area contributed by atoms with E-state index in [4.69, 9.17) is 16.7 Å². The lowest BCUT2D eigenvalue weighted by molar-refractivity contribution is 0.257. The average molecular weight is 191 g/mol. The SMILES string of the molecule is C=C(C)C(Cl)CCC(C)CCO. The molecule has 0 aromatic heterocycles. The van der Waals surface area contributed by atoms with Crippen LogP contribution in [0, 0.1) is 5.92 Å². The van der Waals surface area contributed by atoms with Gasteiger partial charge in [0, 0.05) is 6.61 Å². The molecule has 0 heterocycles. The first-order valence-electron chi connectivity index (χ1n) is 4.48. The molecule has 12 heavy (non-hydrogen) atoms. The van der Waals surface area contributed by atoms with Gasteiger partial charge >= 0.3 is 0 Å². The van der Waals surface area contributed by atoms with Gasteiger partial charge in [0.05, 0.1) is 5.38 Å². The van der Waals surface area contributed by atoms with E-state index in [1.54, 1.807) is 0 Å². The van der Waals surface area contributed by atoms with Gasteiger partial charge in [-0.2, -0.15) is 0 Å². The number of hydrogen-bond donors (Lipinski definition) is 1. The van der Waals surface area contributed by atoms with Gasteiger partial charge < -0.3 is 5.11 Å². The number of allylic oxidation sites excluding steroid dienone is 1. The van der Waals surface area contributed by atoms with Crippen molar-refractivity contribution >= 4 is 11.6 Å². The molecule has 0 fully saturated rings. The van der Waals surface area contributed by atoms with Gasteiger partial charge in [-0.1, -0.05) is 19.1 Å². The van der Waals surface area contributed by atoms with E-state index in [0.717, 1.165) is 24.8 Å². The molecule has 0 amide bonds. The van der Waals surface area contributed by atoms with Crippen LogP contribution in [-0.4, -0.2) is 17.1 Å². The quantitative estimate of drug-likeness (QED) is 0.505. The predicted octanol–water partition coefficient (Wildman–Crippen LogP) is 2.97. The standard InChI is InChI=1S/C10H19ClO/c1-8(2)10(11)5-4-9(3)6-7-12/h9-10,12H,1,4-7H2,2-3H3. The first-order valence-corrected chi connectivity index (χ1v) is 4.92. The van der Waals surface area contributed by atoms with Crippen LogP contribution in [-0.2, 0) is 0 Å². The monoisotopic (exact) mass is 190 g/mol. The molecule has 0 aliphatic rings. The highest BCUT2D eigenvalue weighted by Gasteiger charge is 2.07. The largest absolute Gasteiger partial charge is 0.396 e. The Hall–Kier alpha value is -0.0100. The zero-order valence-electron chi connectivity index (χ0n) is 8.02. The fraction of sp³-hybridized carbons (Fsp3) is 0.800. The maximum absolute atomic E-state index is 8.66. The van der Waals surface area contributed by atoms with Crippen LogP contribution in [0.4, 0.5) is 0 Å². The second-order valence-electron chi connectivity index (χ2n) is 3.51. The summed E-state index contributed by atoms with van der Waals surface area (Å²) in [5.74, 6) is 0.565. The van der Waals surface area contributed by atoms with Crippen LogP contribution in [0.3, 0.4) is 0 Å². The number of aliphatic hydroxyl groups excluding tert-OH is 1. The molecule has 1 N–H and O–H groups in total. The molecule has 0 rings (SSSR count). The Balaban J connectivity index is 3.46. The van der Waals surface area contributed by atoms with Crippen molar-refractivity contribution in [1.29, 1.82) is 0 Å². The third-order valence-corrected chi connectivity index (χ3v) is 2.66. The minimum Gasteiger partial charge on any atom is -0.396 e. The molecule has 0 spiro atoms. The summed E-state index contributed by atoms with van der Waals surface area (Å²) in [5, 5.41) is 8.76. The van der Waals surface area contributed by atoms with Crippen molar-refractivity contribution in [2.75, 3.05) is 6.61 Å². The molecule has 0 saturated heterocycles. The Labute approximate surface area is 80.4 Å². The highest BCUT2D eigenvalue weighted by molar-refractivity contribution is 6.22. The van der Waals surface area contributed by atoms with Crippen molar-refractivity contribution in [3.63, 3.8) is 0 Å². The Morgan fingerprint density at radius 2 is 2.00 bits per heavy atom. The van der Waals surface area contributed by atoms with Crippen LogP contribution in [0.25, 0.3) is 0 Å². The van der Waals surface area contributed by atoms with Gasteiger partial charge in [0.2, 0.25) is 0 Å². The van der Waals surface area contributed by atoms with E-state index in [-0.39, 0.29) is 12.0 Å². The van der Waals surface area contributed by atoms with Crippen molar-refractivity contribution < 1.29 is 5.11 Å². The molecule has 2 heteroatoms. The zero-order chi connectivity index (χ0) is 9.56. The van der Waals surface area contributed by atoms with Gasteiger partial charge in [-0.05, 0) is 32.1 Å². The van der Waals surface area contributed by atoms with Gasteiger partial charge in [-0.15, -0.1) is 11.6 Å². The van der Waals surface area contributed by atoms with Crippen LogP contribution >= 0.6 is 11.6 Å². The summed E-state index contributed by atoms with van der Waals surface area (Å²) in [6.07, 6.45) is 2.92. The van der Waals surface area contributed by atoms with E-state index >= 15 is 0 Å². The van der Waals surface area contributed by atoms with Crippen molar-refractivity contribution in [2.24, 2.45) is 5.92 Å². The van der Waals surface area contributed by atoms with Crippen molar-refractivity contribution in [2.45, 2.75) is 38.5 Å². The van der Waals surface area contributed by atoms with E-state index in [1.165, 1.54) is 0 Å². The zero-order valence-corrected chi connectivity index (χ0v) is 8.77. The Bertz CT molecular complexity index is 134. The van der Waals surface area contributed by atoms with E-state index < -0.39 is 0 Å². The topological polar surface area (TPSA) is 20.2 Å². The summed E-state index contributed by atoms with van der Waals surface area (Å²) in [4.78, 5) is 0. The van der Waals surface area contributed by atoms with Gasteiger partial charge in [0.1, 0.15) is 0 Å². The number of hydrogen-bond acceptors (Lipinski definition) is 1. The lowest BCUT2D eigenvalue weighted by Gasteiger charge is -2.12. The smallest absolute Gasteiger partial charge is 0.0540 e. The van der Waals surface area contributed by atoms with E-state index in [1.807, 2.05) is 6.92 Å². The first-order chi connectivity index (χ1) is 5.57. The summed E-state index contributed by atoms with van der Waals surface area (Å²) < 4.78 is 0. The molecule has 0 aromatic rings. The Morgan fingerprint density at radius 3 is 2.42 bits per heavy atom. The molecule has 0 saturated carbocycles. The number of alkyl halides is 1. The second kappa shape index (κ2) is 6.50. The van der Waals surface area contributed by atoms with Crippen LogP contribution in [0.2, 0.25) is 0 Å². The van der Waals surface area contributed by atoms with E-state index in [0.29, 0.717) is 5.92 Å². The average Bonchev–Trinajstić information content (AvgIpc) is 2.00. The predicted molar refractivity (Wildman–Crippen MR) is 54.6 cm³/mol. The van der Waals surface area contributed by atoms with Crippen LogP contribution in [0.15, 0.2) is 12.2 Å². The molecule has 2 atom stereocenters. The Kier molecular flexibility index (Phi) is 6.49. The highest BCUT2D eigenvalue weighted by Crippen LogP contribution is 2.18. The third kappa shape index (κ3) is 5.62. The van der Waals surface area contributed by atoms with Gasteiger partial charge in [0.15, 0.2) is 0 Å². The molecular formula is C10H19ClO. The lowest BCUT2D eigenvalue weighted by Crippen LogP contribution is -2.04. The van der Waals surface area contributed by atoms with Crippen molar-refractivity contribution in [3.05, 3.63) is 12.2 Å². The molecule has 0 aliphatic carbocycles. The summed E-state index contributed by atoms with van der Waals surface area (Å²) >= 11 is 6.00. The van der Waals surface area contributed by atoms with Crippen LogP contribution < -0.4 is 0 Å². The summed E-state index contributed by atoms with van der Waals surface area (Å²) in [5.41, 5.74) is 1.04. The number of aliphatic hydroxyl groups is 1. The van der Waals surface area contributed by atoms with E-state index in [2.05, 4.69) is 13.5 Å². The van der Waals surface area contributed by atoms with Crippen LogP contribution in [0.5, 0.6) is 0 Å². The normalized spacial score (nSPS) is 15.7. The fourth-order valence-electron chi connectivity index (χ4n) is 1.04. The highest BCUT2D eigenvalue weighted by atomic mass is 35.5.